The summed E-state index contributed by atoms with van der Waals surface area (Å²) in [6.07, 6.45) is -0.907. The minimum Gasteiger partial charge on any atom is -0.465 e. The van der Waals surface area contributed by atoms with E-state index in [0.717, 1.165) is 4.90 Å². The molecule has 0 aromatic carbocycles. The number of rotatable bonds is 0. The van der Waals surface area contributed by atoms with Crippen molar-refractivity contribution < 1.29 is 14.7 Å². The van der Waals surface area contributed by atoms with Gasteiger partial charge in [0.15, 0.2) is 0 Å². The van der Waals surface area contributed by atoms with Crippen molar-refractivity contribution in [3.8, 4) is 0 Å². The van der Waals surface area contributed by atoms with Gasteiger partial charge in [0.1, 0.15) is 0 Å². The lowest BCUT2D eigenvalue weighted by Crippen LogP contribution is -2.18. The quantitative estimate of drug-likeness (QED) is 0.467. The maximum absolute atomic E-state index is 9.83. The van der Waals surface area contributed by atoms with Gasteiger partial charge >= 0.3 is 11.5 Å². The minimum atomic E-state index is -0.907. The Bertz CT molecular complexity index is 141. The molecule has 12 heavy (non-hydrogen) atoms. The van der Waals surface area contributed by atoms with Crippen molar-refractivity contribution >= 4 is 23.1 Å². The second kappa shape index (κ2) is 6.72. The Morgan fingerprint density at radius 1 is 1.08 bits per heavy atom. The molecule has 2 amide bonds. The number of carbonyl (C=O) groups excluding carboxylic acids is 1. The van der Waals surface area contributed by atoms with Crippen LogP contribution in [0.25, 0.3) is 0 Å². The van der Waals surface area contributed by atoms with E-state index in [4.69, 9.17) is 16.7 Å². The fourth-order valence-corrected chi connectivity index (χ4v) is 0. The maximum Gasteiger partial charge on any atom is 0.406 e. The number of nitrogens with zero attached hydrogens (tertiary/aromatic N) is 2. The van der Waals surface area contributed by atoms with E-state index in [-0.39, 0.29) is 0 Å². The summed E-state index contributed by atoms with van der Waals surface area (Å²) in [6.45, 7) is 0. The number of carbonyl (C=O) groups is 2. The van der Waals surface area contributed by atoms with Crippen LogP contribution in [0.5, 0.6) is 0 Å². The fraction of sp³-hybridized carbons (Fsp3) is 0.667. The molecular weight excluding hydrogens is 184 g/mol. The second-order valence-corrected chi connectivity index (χ2v) is 2.65. The molecule has 0 aromatic rings. The third-order valence-electron chi connectivity index (χ3n) is 0.734. The zero-order valence-electron chi connectivity index (χ0n) is 7.54. The Balaban J connectivity index is 0. The molecule has 0 fully saturated rings. The van der Waals surface area contributed by atoms with Gasteiger partial charge in [-0.2, -0.15) is 0 Å². The molecule has 5 nitrogen and oxygen atoms in total. The van der Waals surface area contributed by atoms with Gasteiger partial charge in [-0.1, -0.05) is 0 Å². The van der Waals surface area contributed by atoms with Crippen molar-refractivity contribution in [2.45, 2.75) is 0 Å². The van der Waals surface area contributed by atoms with Crippen molar-refractivity contribution in [1.82, 2.24) is 9.80 Å². The Morgan fingerprint density at radius 3 is 1.25 bits per heavy atom. The molecule has 0 aliphatic carbocycles. The van der Waals surface area contributed by atoms with Crippen LogP contribution in [0, 0.1) is 0 Å². The molecule has 0 saturated heterocycles. The van der Waals surface area contributed by atoms with Gasteiger partial charge in [0.2, 0.25) is 0 Å². The van der Waals surface area contributed by atoms with E-state index in [1.165, 1.54) is 19.0 Å². The van der Waals surface area contributed by atoms with Crippen molar-refractivity contribution in [3.63, 3.8) is 0 Å². The first-order valence-electron chi connectivity index (χ1n) is 3.06. The topological polar surface area (TPSA) is 60.9 Å². The molecule has 6 heteroatoms. The molecule has 0 unspecified atom stereocenters. The summed E-state index contributed by atoms with van der Waals surface area (Å²) < 4.78 is 0. The lowest BCUT2D eigenvalue weighted by atomic mass is 10.9. The second-order valence-electron chi connectivity index (χ2n) is 2.32. The summed E-state index contributed by atoms with van der Waals surface area (Å²) in [7, 11) is 6.13. The summed E-state index contributed by atoms with van der Waals surface area (Å²) in [5, 5.41) is 7.48. The highest BCUT2D eigenvalue weighted by molar-refractivity contribution is 6.62. The van der Waals surface area contributed by atoms with E-state index in [2.05, 4.69) is 0 Å². The van der Waals surface area contributed by atoms with E-state index in [9.17, 15) is 9.59 Å². The smallest absolute Gasteiger partial charge is 0.406 e. The van der Waals surface area contributed by atoms with Crippen LogP contribution in [-0.2, 0) is 0 Å². The Labute approximate surface area is 76.5 Å². The van der Waals surface area contributed by atoms with Gasteiger partial charge in [0.05, 0.1) is 0 Å². The first-order chi connectivity index (χ1) is 5.29. The molecule has 0 bridgehead atoms. The predicted molar refractivity (Wildman–Crippen MR) is 46.6 cm³/mol. The summed E-state index contributed by atoms with van der Waals surface area (Å²) in [5.41, 5.74) is 0. The van der Waals surface area contributed by atoms with Crippen LogP contribution in [0.2, 0.25) is 0 Å². The molecule has 72 valence electrons. The molecule has 1 N–H and O–H groups in total. The van der Waals surface area contributed by atoms with Gasteiger partial charge in [-0.15, -0.1) is 0 Å². The average molecular weight is 197 g/mol. The van der Waals surface area contributed by atoms with E-state index in [0.29, 0.717) is 0 Å². The summed E-state index contributed by atoms with van der Waals surface area (Å²) in [6, 6.07) is 0. The highest BCUT2D eigenvalue weighted by atomic mass is 35.5. The van der Waals surface area contributed by atoms with Gasteiger partial charge in [-0.05, 0) is 11.6 Å². The molecule has 0 radical (unpaired) electrons. The van der Waals surface area contributed by atoms with Gasteiger partial charge in [0, 0.05) is 28.2 Å². The summed E-state index contributed by atoms with van der Waals surface area (Å²) in [5.74, 6) is 0. The van der Waals surface area contributed by atoms with Crippen LogP contribution in [0.15, 0.2) is 0 Å². The lowest BCUT2D eigenvalue weighted by Gasteiger charge is -1.99. The predicted octanol–water partition coefficient (Wildman–Crippen LogP) is 1.13. The first-order valence-corrected chi connectivity index (χ1v) is 3.43. The Morgan fingerprint density at radius 2 is 1.25 bits per heavy atom. The standard InChI is InChI=1S/C3H6ClNO.C3H7NO2/c1-5(2)3(4)6;1-4(2)3(5)6/h1-2H3;1-2H3,(H,5,6). The highest BCUT2D eigenvalue weighted by Gasteiger charge is 1.92. The SMILES string of the molecule is CN(C)C(=O)Cl.CN(C)C(=O)O. The molecule has 0 saturated carbocycles. The summed E-state index contributed by atoms with van der Waals surface area (Å²) >= 11 is 4.90. The molecule has 0 spiro atoms. The normalized spacial score (nSPS) is 7.75. The molecular formula is C6H13ClN2O3. The third kappa shape index (κ3) is 11.8. The number of hydrogen-bond donors (Lipinski definition) is 1. The fourth-order valence-electron chi connectivity index (χ4n) is 0. The number of halogens is 1. The molecule has 0 aromatic heterocycles. The lowest BCUT2D eigenvalue weighted by molar-refractivity contribution is 0.165. The van der Waals surface area contributed by atoms with E-state index < -0.39 is 11.5 Å². The summed E-state index contributed by atoms with van der Waals surface area (Å²) in [4.78, 5) is 21.8. The zero-order valence-corrected chi connectivity index (χ0v) is 8.29. The first kappa shape index (κ1) is 13.6. The van der Waals surface area contributed by atoms with Crippen LogP contribution in [0.3, 0.4) is 0 Å². The number of amides is 2. The van der Waals surface area contributed by atoms with Crippen LogP contribution in [0.1, 0.15) is 0 Å². The molecule has 0 atom stereocenters. The molecule has 0 heterocycles. The van der Waals surface area contributed by atoms with Crippen molar-refractivity contribution in [2.75, 3.05) is 28.2 Å². The molecule has 0 rings (SSSR count). The largest absolute Gasteiger partial charge is 0.465 e. The van der Waals surface area contributed by atoms with Gasteiger partial charge in [0.25, 0.3) is 0 Å². The Hall–Kier alpha value is -0.970. The van der Waals surface area contributed by atoms with Crippen molar-refractivity contribution in [3.05, 3.63) is 0 Å². The van der Waals surface area contributed by atoms with Gasteiger partial charge in [-0.25, -0.2) is 4.79 Å². The highest BCUT2D eigenvalue weighted by Crippen LogP contribution is 1.83. The van der Waals surface area contributed by atoms with Crippen LogP contribution >= 0.6 is 11.6 Å². The number of carboxylic acid groups (broad SMARTS) is 1. The molecule has 0 aliphatic rings. The van der Waals surface area contributed by atoms with E-state index >= 15 is 0 Å². The monoisotopic (exact) mass is 196 g/mol. The Kier molecular flexibility index (Phi) is 7.62. The number of hydrogen-bond acceptors (Lipinski definition) is 2. The third-order valence-corrected chi connectivity index (χ3v) is 1.07. The van der Waals surface area contributed by atoms with Crippen molar-refractivity contribution in [1.29, 1.82) is 0 Å². The van der Waals surface area contributed by atoms with Gasteiger partial charge < -0.3 is 14.9 Å². The van der Waals surface area contributed by atoms with E-state index in [1.54, 1.807) is 14.1 Å². The van der Waals surface area contributed by atoms with Crippen molar-refractivity contribution in [2.24, 2.45) is 0 Å². The van der Waals surface area contributed by atoms with Gasteiger partial charge in [-0.3, -0.25) is 4.79 Å². The maximum atomic E-state index is 9.83. The van der Waals surface area contributed by atoms with E-state index in [1.807, 2.05) is 0 Å². The minimum absolute atomic E-state index is 0.435. The van der Waals surface area contributed by atoms with Crippen LogP contribution in [0.4, 0.5) is 9.59 Å². The van der Waals surface area contributed by atoms with Crippen LogP contribution in [-0.4, -0.2) is 54.6 Å². The average Bonchev–Trinajstić information content (AvgIpc) is 1.88. The van der Waals surface area contributed by atoms with Crippen LogP contribution < -0.4 is 0 Å². The zero-order chi connectivity index (χ0) is 10.3. The molecule has 0 aliphatic heterocycles.